The van der Waals surface area contributed by atoms with Crippen molar-refractivity contribution in [3.8, 4) is 0 Å². The predicted molar refractivity (Wildman–Crippen MR) is 103 cm³/mol. The molecule has 0 bridgehead atoms. The third-order valence-corrected chi connectivity index (χ3v) is 6.35. The molecule has 1 fully saturated rings. The molecule has 0 aromatic heterocycles. The first-order valence-corrected chi connectivity index (χ1v) is 9.98. The van der Waals surface area contributed by atoms with Gasteiger partial charge in [-0.05, 0) is 36.4 Å². The minimum Gasteiger partial charge on any atom is -0.274 e. The highest BCUT2D eigenvalue weighted by Gasteiger charge is 2.46. The molecule has 1 aliphatic heterocycles. The van der Waals surface area contributed by atoms with Crippen molar-refractivity contribution in [3.63, 3.8) is 0 Å². The highest BCUT2D eigenvalue weighted by atomic mass is 35.5. The summed E-state index contributed by atoms with van der Waals surface area (Å²) < 4.78 is 27.1. The Labute approximate surface area is 162 Å². The molecule has 1 heterocycles. The van der Waals surface area contributed by atoms with E-state index < -0.39 is 27.9 Å². The number of nitrogens with zero attached hydrogens (tertiary/aromatic N) is 2. The summed E-state index contributed by atoms with van der Waals surface area (Å²) in [6, 6.07) is 12.9. The summed E-state index contributed by atoms with van der Waals surface area (Å²) in [6.45, 7) is 3.49. The van der Waals surface area contributed by atoms with Crippen LogP contribution in [0.3, 0.4) is 0 Å². The van der Waals surface area contributed by atoms with Gasteiger partial charge in [0.1, 0.15) is 6.04 Å². The van der Waals surface area contributed by atoms with Crippen LogP contribution in [0.2, 0.25) is 5.02 Å². The first-order chi connectivity index (χ1) is 12.9. The normalized spacial score (nSPS) is 17.6. The lowest BCUT2D eigenvalue weighted by Gasteiger charge is -2.25. The molecule has 0 radical (unpaired) electrons. The van der Waals surface area contributed by atoms with Crippen LogP contribution in [0.5, 0.6) is 0 Å². The Balaban J connectivity index is 1.97. The SMILES string of the molecule is C=CCN(C1CC(=O)N(c2ccc(Cl)cc2)C1=O)S(=O)(=O)c1ccccc1. The van der Waals surface area contributed by atoms with Crippen LogP contribution in [0.1, 0.15) is 6.42 Å². The predicted octanol–water partition coefficient (Wildman–Crippen LogP) is 2.85. The second kappa shape index (κ2) is 7.64. The largest absolute Gasteiger partial charge is 0.274 e. The van der Waals surface area contributed by atoms with E-state index in [1.807, 2.05) is 0 Å². The number of sulfonamides is 1. The first kappa shape index (κ1) is 19.3. The van der Waals surface area contributed by atoms with Crippen LogP contribution in [0, 0.1) is 0 Å². The standard InChI is InChI=1S/C19H17ClN2O4S/c1-2-12-21(27(25,26)16-6-4-3-5-7-16)17-13-18(23)22(19(17)24)15-10-8-14(20)9-11-15/h2-11,17H,1,12-13H2. The van der Waals surface area contributed by atoms with Crippen LogP contribution in [0.25, 0.3) is 0 Å². The molecule has 2 amide bonds. The van der Waals surface area contributed by atoms with Crippen LogP contribution >= 0.6 is 11.6 Å². The summed E-state index contributed by atoms with van der Waals surface area (Å²) in [4.78, 5) is 26.5. The van der Waals surface area contributed by atoms with E-state index in [1.54, 1.807) is 42.5 Å². The van der Waals surface area contributed by atoms with Crippen molar-refractivity contribution in [2.24, 2.45) is 0 Å². The molecule has 1 aliphatic rings. The maximum Gasteiger partial charge on any atom is 0.252 e. The molecule has 1 saturated heterocycles. The summed E-state index contributed by atoms with van der Waals surface area (Å²) in [5, 5.41) is 0.467. The Morgan fingerprint density at radius 3 is 2.33 bits per heavy atom. The van der Waals surface area contributed by atoms with Crippen molar-refractivity contribution in [1.29, 1.82) is 0 Å². The molecule has 2 aromatic rings. The van der Waals surface area contributed by atoms with Crippen molar-refractivity contribution in [2.75, 3.05) is 11.4 Å². The molecule has 6 nitrogen and oxygen atoms in total. The monoisotopic (exact) mass is 404 g/mol. The smallest absolute Gasteiger partial charge is 0.252 e. The summed E-state index contributed by atoms with van der Waals surface area (Å²) in [5.74, 6) is -1.06. The molecule has 0 aliphatic carbocycles. The maximum absolute atomic E-state index is 13.0. The van der Waals surface area contributed by atoms with Crippen molar-refractivity contribution < 1.29 is 18.0 Å². The molecule has 0 spiro atoms. The minimum absolute atomic E-state index is 0.0528. The van der Waals surface area contributed by atoms with E-state index in [0.29, 0.717) is 10.7 Å². The van der Waals surface area contributed by atoms with Crippen LogP contribution in [0.4, 0.5) is 5.69 Å². The van der Waals surface area contributed by atoms with E-state index in [0.717, 1.165) is 9.21 Å². The number of rotatable bonds is 6. The Kier molecular flexibility index (Phi) is 5.46. The van der Waals surface area contributed by atoms with Gasteiger partial charge in [0, 0.05) is 11.6 Å². The molecule has 1 atom stereocenters. The highest BCUT2D eigenvalue weighted by Crippen LogP contribution is 2.29. The molecule has 1 unspecified atom stereocenters. The highest BCUT2D eigenvalue weighted by molar-refractivity contribution is 7.89. The summed E-state index contributed by atoms with van der Waals surface area (Å²) in [6.07, 6.45) is 1.16. The van der Waals surface area contributed by atoms with Gasteiger partial charge in [0.25, 0.3) is 5.91 Å². The minimum atomic E-state index is -3.97. The molecule has 27 heavy (non-hydrogen) atoms. The fourth-order valence-corrected chi connectivity index (χ4v) is 4.65. The summed E-state index contributed by atoms with van der Waals surface area (Å²) in [5.41, 5.74) is 0.354. The van der Waals surface area contributed by atoms with E-state index >= 15 is 0 Å². The second-order valence-corrected chi connectivity index (χ2v) is 8.27. The number of benzene rings is 2. The molecular formula is C19H17ClN2O4S. The zero-order valence-corrected chi connectivity index (χ0v) is 15.9. The van der Waals surface area contributed by atoms with Crippen molar-refractivity contribution in [3.05, 3.63) is 72.3 Å². The van der Waals surface area contributed by atoms with Gasteiger partial charge in [-0.2, -0.15) is 4.31 Å². The fraction of sp³-hybridized carbons (Fsp3) is 0.158. The number of hydrogen-bond donors (Lipinski definition) is 0. The number of carbonyl (C=O) groups is 2. The molecule has 0 saturated carbocycles. The Bertz CT molecular complexity index is 975. The van der Waals surface area contributed by atoms with Gasteiger partial charge in [0.2, 0.25) is 15.9 Å². The average molecular weight is 405 g/mol. The fourth-order valence-electron chi connectivity index (χ4n) is 2.95. The zero-order chi connectivity index (χ0) is 19.6. The molecule has 0 N–H and O–H groups in total. The number of halogens is 1. The lowest BCUT2D eigenvalue weighted by atomic mass is 10.2. The number of hydrogen-bond acceptors (Lipinski definition) is 4. The van der Waals surface area contributed by atoms with Gasteiger partial charge in [-0.3, -0.25) is 9.59 Å². The zero-order valence-electron chi connectivity index (χ0n) is 14.3. The lowest BCUT2D eigenvalue weighted by Crippen LogP contribution is -2.45. The quantitative estimate of drug-likeness (QED) is 0.548. The third kappa shape index (κ3) is 3.66. The van der Waals surface area contributed by atoms with E-state index in [1.165, 1.54) is 18.2 Å². The summed E-state index contributed by atoms with van der Waals surface area (Å²) in [7, 11) is -3.97. The molecule has 140 valence electrons. The third-order valence-electron chi connectivity index (χ3n) is 4.21. The second-order valence-electron chi connectivity index (χ2n) is 5.94. The van der Waals surface area contributed by atoms with Gasteiger partial charge >= 0.3 is 0 Å². The van der Waals surface area contributed by atoms with E-state index in [4.69, 9.17) is 11.6 Å². The number of carbonyl (C=O) groups excluding carboxylic acids is 2. The van der Waals surface area contributed by atoms with Crippen molar-refractivity contribution >= 4 is 39.1 Å². The Hall–Kier alpha value is -2.48. The Morgan fingerprint density at radius 1 is 1.11 bits per heavy atom. The van der Waals surface area contributed by atoms with Crippen LogP contribution in [-0.2, 0) is 19.6 Å². The van der Waals surface area contributed by atoms with Gasteiger partial charge in [-0.1, -0.05) is 35.9 Å². The first-order valence-electron chi connectivity index (χ1n) is 8.16. The Morgan fingerprint density at radius 2 is 1.74 bits per heavy atom. The lowest BCUT2D eigenvalue weighted by molar-refractivity contribution is -0.122. The van der Waals surface area contributed by atoms with Crippen LogP contribution in [-0.4, -0.2) is 37.1 Å². The maximum atomic E-state index is 13.0. The number of anilines is 1. The van der Waals surface area contributed by atoms with Crippen LogP contribution in [0.15, 0.2) is 72.1 Å². The van der Waals surface area contributed by atoms with Gasteiger partial charge in [0.05, 0.1) is 17.0 Å². The average Bonchev–Trinajstić information content (AvgIpc) is 2.95. The number of amides is 2. The van der Waals surface area contributed by atoms with Gasteiger partial charge in [-0.25, -0.2) is 13.3 Å². The van der Waals surface area contributed by atoms with Gasteiger partial charge < -0.3 is 0 Å². The molecule has 3 rings (SSSR count). The van der Waals surface area contributed by atoms with Gasteiger partial charge in [-0.15, -0.1) is 6.58 Å². The molecule has 2 aromatic carbocycles. The van der Waals surface area contributed by atoms with E-state index in [2.05, 4.69) is 6.58 Å². The van der Waals surface area contributed by atoms with Crippen molar-refractivity contribution in [2.45, 2.75) is 17.4 Å². The molecule has 8 heteroatoms. The van der Waals surface area contributed by atoms with Crippen molar-refractivity contribution in [1.82, 2.24) is 4.31 Å². The summed E-state index contributed by atoms with van der Waals surface area (Å²) >= 11 is 5.85. The number of imide groups is 1. The molecular weight excluding hydrogens is 388 g/mol. The van der Waals surface area contributed by atoms with Crippen LogP contribution < -0.4 is 4.90 Å². The van der Waals surface area contributed by atoms with Gasteiger partial charge in [0.15, 0.2) is 0 Å². The van der Waals surface area contributed by atoms with E-state index in [9.17, 15) is 18.0 Å². The topological polar surface area (TPSA) is 74.8 Å². The van der Waals surface area contributed by atoms with E-state index in [-0.39, 0.29) is 17.9 Å².